The third kappa shape index (κ3) is 3.49. The maximum absolute atomic E-state index is 4.65. The molecule has 1 aromatic heterocycles. The summed E-state index contributed by atoms with van der Waals surface area (Å²) in [4.78, 5) is 11.5. The first-order chi connectivity index (χ1) is 10.9. The summed E-state index contributed by atoms with van der Waals surface area (Å²) in [5.41, 5.74) is 1.31. The van der Waals surface area contributed by atoms with Crippen molar-refractivity contribution in [2.75, 3.05) is 31.1 Å². The third-order valence-corrected chi connectivity index (χ3v) is 5.71. The molecule has 23 heavy (non-hydrogen) atoms. The molecular weight excluding hydrogens is 326 g/mol. The number of nitrogens with zero attached hydrogens (tertiary/aromatic N) is 2. The monoisotopic (exact) mass is 347 g/mol. The number of aromatic nitrogens is 1. The van der Waals surface area contributed by atoms with Gasteiger partial charge in [-0.3, -0.25) is 0 Å². The van der Waals surface area contributed by atoms with E-state index in [0.717, 1.165) is 12.4 Å². The van der Waals surface area contributed by atoms with E-state index in [1.165, 1.54) is 54.4 Å². The predicted octanol–water partition coefficient (Wildman–Crippen LogP) is -0.243. The van der Waals surface area contributed by atoms with Crippen LogP contribution in [-0.4, -0.2) is 31.2 Å². The number of anilines is 2. The van der Waals surface area contributed by atoms with E-state index in [2.05, 4.69) is 40.2 Å². The van der Waals surface area contributed by atoms with Gasteiger partial charge in [-0.05, 0) is 24.3 Å². The summed E-state index contributed by atoms with van der Waals surface area (Å²) in [7, 11) is 0. The molecule has 0 atom stereocenters. The minimum atomic E-state index is 0. The van der Waals surface area contributed by atoms with E-state index in [-0.39, 0.29) is 12.4 Å². The van der Waals surface area contributed by atoms with E-state index >= 15 is 0 Å². The summed E-state index contributed by atoms with van der Waals surface area (Å²) in [6, 6.07) is 12.9. The van der Waals surface area contributed by atoms with Crippen molar-refractivity contribution in [2.45, 2.75) is 29.1 Å². The van der Waals surface area contributed by atoms with Crippen LogP contribution in [0.4, 0.5) is 11.5 Å². The Bertz CT molecular complexity index is 613. The summed E-state index contributed by atoms with van der Waals surface area (Å²) in [5.74, 6) is 1.13. The number of para-hydroxylation sites is 1. The number of hydrogen-bond acceptors (Lipinski definition) is 3. The number of rotatable bonds is 4. The Hall–Kier alpha value is -1.23. The van der Waals surface area contributed by atoms with Gasteiger partial charge in [-0.2, -0.15) is 0 Å². The molecule has 0 unspecified atom stereocenters. The lowest BCUT2D eigenvalue weighted by atomic mass is 10.2. The summed E-state index contributed by atoms with van der Waals surface area (Å²) in [6.45, 7) is 5.07. The molecule has 2 aliphatic rings. The first-order valence-corrected chi connectivity index (χ1v) is 9.06. The van der Waals surface area contributed by atoms with Crippen LogP contribution in [0, 0.1) is 0 Å². The maximum Gasteiger partial charge on any atom is 0.147 e. The van der Waals surface area contributed by atoms with Crippen LogP contribution >= 0.6 is 11.8 Å². The molecule has 0 saturated carbocycles. The largest absolute Gasteiger partial charge is 1.00 e. The highest BCUT2D eigenvalue weighted by Gasteiger charge is 2.24. The number of nitrogens with one attached hydrogen (secondary N) is 1. The van der Waals surface area contributed by atoms with Crippen molar-refractivity contribution in [2.24, 2.45) is 0 Å². The molecule has 1 fully saturated rings. The second-order valence-corrected chi connectivity index (χ2v) is 7.19. The average molecular weight is 348 g/mol. The standard InChI is InChI=1S/C18H21N3S.ClH/c1-2-8-16-15(7-1)21(14-6-13-20-11-3-4-12-20)18-17(22-16)9-5-10-19-18;/h1-2,5,7-10H,3-4,6,11-14H2;1H. The smallest absolute Gasteiger partial charge is 0.147 e. The van der Waals surface area contributed by atoms with Crippen LogP contribution in [-0.2, 0) is 0 Å². The normalized spacial score (nSPS) is 16.6. The van der Waals surface area contributed by atoms with Crippen molar-refractivity contribution < 1.29 is 17.3 Å². The summed E-state index contributed by atoms with van der Waals surface area (Å²) >= 11 is 1.84. The van der Waals surface area contributed by atoms with Gasteiger partial charge in [-0.15, -0.1) is 0 Å². The predicted molar refractivity (Wildman–Crippen MR) is 91.2 cm³/mol. The summed E-state index contributed by atoms with van der Waals surface area (Å²) < 4.78 is 0. The van der Waals surface area contributed by atoms with Crippen LogP contribution in [0.15, 0.2) is 52.4 Å². The first kappa shape index (κ1) is 16.6. The molecule has 2 aromatic rings. The molecule has 0 bridgehead atoms. The Morgan fingerprint density at radius 1 is 1.04 bits per heavy atom. The molecule has 3 heterocycles. The highest BCUT2D eigenvalue weighted by molar-refractivity contribution is 7.99. The number of hydrogen-bond donors (Lipinski definition) is 1. The number of pyridine rings is 1. The molecular formula is C18H22ClN3S. The lowest BCUT2D eigenvalue weighted by Gasteiger charge is -2.31. The number of quaternary nitrogens is 1. The van der Waals surface area contributed by atoms with Crippen LogP contribution in [0.3, 0.4) is 0 Å². The fraction of sp³-hybridized carbons (Fsp3) is 0.389. The van der Waals surface area contributed by atoms with E-state index in [1.807, 2.05) is 24.0 Å². The first-order valence-electron chi connectivity index (χ1n) is 8.25. The van der Waals surface area contributed by atoms with Crippen LogP contribution in [0.1, 0.15) is 19.3 Å². The molecule has 0 spiro atoms. The topological polar surface area (TPSA) is 20.6 Å². The summed E-state index contributed by atoms with van der Waals surface area (Å²) in [5, 5.41) is 0. The molecule has 0 aliphatic carbocycles. The molecule has 3 nitrogen and oxygen atoms in total. The molecule has 122 valence electrons. The lowest BCUT2D eigenvalue weighted by molar-refractivity contribution is -0.887. The van der Waals surface area contributed by atoms with Crippen LogP contribution in [0.25, 0.3) is 0 Å². The zero-order valence-corrected chi connectivity index (χ0v) is 14.7. The summed E-state index contributed by atoms with van der Waals surface area (Å²) in [6.07, 6.45) is 5.95. The van der Waals surface area contributed by atoms with Crippen LogP contribution in [0.5, 0.6) is 0 Å². The quantitative estimate of drug-likeness (QED) is 0.824. The van der Waals surface area contributed by atoms with Crippen molar-refractivity contribution in [3.63, 3.8) is 0 Å². The van der Waals surface area contributed by atoms with Crippen molar-refractivity contribution in [1.82, 2.24) is 4.98 Å². The van der Waals surface area contributed by atoms with Gasteiger partial charge in [0.2, 0.25) is 0 Å². The van der Waals surface area contributed by atoms with E-state index in [1.54, 1.807) is 4.90 Å². The molecule has 0 amide bonds. The van der Waals surface area contributed by atoms with E-state index in [4.69, 9.17) is 0 Å². The van der Waals surface area contributed by atoms with Gasteiger partial charge in [0, 0.05) is 36.9 Å². The molecule has 5 heteroatoms. The number of likely N-dealkylation sites (tertiary alicyclic amines) is 1. The minimum absolute atomic E-state index is 0. The van der Waals surface area contributed by atoms with Crippen molar-refractivity contribution >= 4 is 23.3 Å². The van der Waals surface area contributed by atoms with Gasteiger partial charge < -0.3 is 22.2 Å². The van der Waals surface area contributed by atoms with Gasteiger partial charge >= 0.3 is 0 Å². The maximum atomic E-state index is 4.65. The molecule has 4 rings (SSSR count). The molecule has 0 radical (unpaired) electrons. The second kappa shape index (κ2) is 7.56. The van der Waals surface area contributed by atoms with Crippen molar-refractivity contribution in [3.8, 4) is 0 Å². The molecule has 1 saturated heterocycles. The Balaban J connectivity index is 0.00000156. The third-order valence-electron chi connectivity index (χ3n) is 4.61. The van der Waals surface area contributed by atoms with Crippen LogP contribution in [0.2, 0.25) is 0 Å². The Kier molecular flexibility index (Phi) is 5.46. The van der Waals surface area contributed by atoms with E-state index in [9.17, 15) is 0 Å². The molecule has 1 N–H and O–H groups in total. The number of fused-ring (bicyclic) bond motifs is 2. The van der Waals surface area contributed by atoms with Crippen LogP contribution < -0.4 is 22.2 Å². The Morgan fingerprint density at radius 3 is 2.70 bits per heavy atom. The van der Waals surface area contributed by atoms with Gasteiger partial charge in [0.15, 0.2) is 0 Å². The SMILES string of the molecule is [Cl-].c1ccc2c(c1)Sc1cccnc1N2CCC[NH+]1CCCC1. The zero-order chi connectivity index (χ0) is 14.8. The fourth-order valence-electron chi connectivity index (χ4n) is 3.50. The zero-order valence-electron chi connectivity index (χ0n) is 13.2. The minimum Gasteiger partial charge on any atom is -1.00 e. The molecule has 1 aromatic carbocycles. The fourth-order valence-corrected chi connectivity index (χ4v) is 4.57. The van der Waals surface area contributed by atoms with E-state index in [0.29, 0.717) is 0 Å². The highest BCUT2D eigenvalue weighted by Crippen LogP contribution is 2.46. The Labute approximate surface area is 148 Å². The number of benzene rings is 1. The number of halogens is 1. The van der Waals surface area contributed by atoms with Gasteiger partial charge in [0.05, 0.1) is 30.2 Å². The van der Waals surface area contributed by atoms with Crippen molar-refractivity contribution in [3.05, 3.63) is 42.6 Å². The van der Waals surface area contributed by atoms with Gasteiger partial charge in [-0.25, -0.2) is 4.98 Å². The average Bonchev–Trinajstić information content (AvgIpc) is 3.07. The highest BCUT2D eigenvalue weighted by atomic mass is 35.5. The van der Waals surface area contributed by atoms with Gasteiger partial charge in [0.25, 0.3) is 0 Å². The van der Waals surface area contributed by atoms with Gasteiger partial charge in [-0.1, -0.05) is 23.9 Å². The second-order valence-electron chi connectivity index (χ2n) is 6.11. The van der Waals surface area contributed by atoms with Gasteiger partial charge in [0.1, 0.15) is 5.82 Å². The molecule has 2 aliphatic heterocycles. The van der Waals surface area contributed by atoms with E-state index < -0.39 is 0 Å². The lowest BCUT2D eigenvalue weighted by Crippen LogP contribution is -3.10. The van der Waals surface area contributed by atoms with Crippen molar-refractivity contribution in [1.29, 1.82) is 0 Å². The Morgan fingerprint density at radius 2 is 1.83 bits per heavy atom.